The lowest BCUT2D eigenvalue weighted by Gasteiger charge is -2.30. The van der Waals surface area contributed by atoms with Gasteiger partial charge in [0, 0.05) is 18.7 Å². The Morgan fingerprint density at radius 2 is 1.92 bits per heavy atom. The molecule has 5 nitrogen and oxygen atoms in total. The van der Waals surface area contributed by atoms with Gasteiger partial charge in [-0.1, -0.05) is 6.07 Å². The van der Waals surface area contributed by atoms with E-state index < -0.39 is 0 Å². The Bertz CT molecular complexity index is 627. The summed E-state index contributed by atoms with van der Waals surface area (Å²) in [4.78, 5) is 26.2. The summed E-state index contributed by atoms with van der Waals surface area (Å²) in [7, 11) is 0. The largest absolute Gasteiger partial charge is 0.466 e. The van der Waals surface area contributed by atoms with Crippen LogP contribution in [-0.2, 0) is 27.2 Å². The molecule has 0 atom stereocenters. The molecule has 0 saturated carbocycles. The number of esters is 1. The van der Waals surface area contributed by atoms with Crippen LogP contribution in [0.4, 0.5) is 5.69 Å². The highest BCUT2D eigenvalue weighted by molar-refractivity contribution is 5.91. The van der Waals surface area contributed by atoms with E-state index in [-0.39, 0.29) is 30.2 Å². The molecule has 0 unspecified atom stereocenters. The van der Waals surface area contributed by atoms with Crippen molar-refractivity contribution in [1.82, 2.24) is 4.90 Å². The monoisotopic (exact) mass is 380 g/mol. The van der Waals surface area contributed by atoms with Gasteiger partial charge >= 0.3 is 5.97 Å². The van der Waals surface area contributed by atoms with E-state index in [0.717, 1.165) is 51.0 Å². The van der Waals surface area contributed by atoms with Gasteiger partial charge in [-0.15, -0.1) is 12.4 Å². The summed E-state index contributed by atoms with van der Waals surface area (Å²) in [5.41, 5.74) is 3.70. The third-order valence-electron chi connectivity index (χ3n) is 5.24. The van der Waals surface area contributed by atoms with Crippen molar-refractivity contribution in [3.05, 3.63) is 29.3 Å². The van der Waals surface area contributed by atoms with Crippen LogP contribution in [0.1, 0.15) is 43.7 Å². The van der Waals surface area contributed by atoms with Crippen molar-refractivity contribution in [2.75, 3.05) is 31.6 Å². The van der Waals surface area contributed by atoms with Crippen LogP contribution in [0.3, 0.4) is 0 Å². The predicted octanol–water partition coefficient (Wildman–Crippen LogP) is 3.20. The zero-order valence-electron chi connectivity index (χ0n) is 15.5. The highest BCUT2D eigenvalue weighted by atomic mass is 35.5. The van der Waals surface area contributed by atoms with Crippen LogP contribution in [0, 0.1) is 5.92 Å². The average Bonchev–Trinajstić information content (AvgIpc) is 3.08. The number of nitrogens with one attached hydrogen (secondary N) is 1. The fourth-order valence-corrected chi connectivity index (χ4v) is 3.79. The van der Waals surface area contributed by atoms with Gasteiger partial charge in [-0.2, -0.15) is 0 Å². The highest BCUT2D eigenvalue weighted by Gasteiger charge is 2.26. The zero-order valence-corrected chi connectivity index (χ0v) is 16.3. The molecule has 1 aromatic carbocycles. The molecule has 26 heavy (non-hydrogen) atoms. The molecule has 2 aliphatic rings. The summed E-state index contributed by atoms with van der Waals surface area (Å²) in [6.45, 7) is 4.74. The molecule has 0 aromatic heterocycles. The number of benzene rings is 1. The van der Waals surface area contributed by atoms with E-state index in [1.54, 1.807) is 0 Å². The first-order valence-electron chi connectivity index (χ1n) is 9.46. The maximum absolute atomic E-state index is 12.2. The van der Waals surface area contributed by atoms with Gasteiger partial charge in [0.2, 0.25) is 5.91 Å². The number of carbonyl (C=O) groups excluding carboxylic acids is 2. The average molecular weight is 381 g/mol. The molecule has 1 fully saturated rings. The second-order valence-corrected chi connectivity index (χ2v) is 7.00. The summed E-state index contributed by atoms with van der Waals surface area (Å²) in [5.74, 6) is 0.0124. The van der Waals surface area contributed by atoms with Crippen LogP contribution < -0.4 is 5.32 Å². The summed E-state index contributed by atoms with van der Waals surface area (Å²) in [6.07, 6.45) is 5.63. The number of piperidine rings is 1. The van der Waals surface area contributed by atoms with Crippen LogP contribution in [0.5, 0.6) is 0 Å². The van der Waals surface area contributed by atoms with Crippen LogP contribution >= 0.6 is 12.4 Å². The van der Waals surface area contributed by atoms with E-state index in [4.69, 9.17) is 4.74 Å². The lowest BCUT2D eigenvalue weighted by molar-refractivity contribution is -0.149. The molecule has 1 aliphatic heterocycles. The van der Waals surface area contributed by atoms with E-state index in [1.165, 1.54) is 17.5 Å². The van der Waals surface area contributed by atoms with Crippen LogP contribution in [-0.4, -0.2) is 43.0 Å². The smallest absolute Gasteiger partial charge is 0.309 e. The first-order chi connectivity index (χ1) is 12.2. The van der Waals surface area contributed by atoms with Crippen molar-refractivity contribution in [2.45, 2.75) is 45.4 Å². The summed E-state index contributed by atoms with van der Waals surface area (Å²) >= 11 is 0. The Morgan fingerprint density at radius 3 is 2.65 bits per heavy atom. The molecule has 1 N–H and O–H groups in total. The molecular weight excluding hydrogens is 352 g/mol. The van der Waals surface area contributed by atoms with Gasteiger partial charge in [0.05, 0.1) is 12.5 Å². The Kier molecular flexibility index (Phi) is 7.91. The fraction of sp³-hybridized carbons (Fsp3) is 0.600. The van der Waals surface area contributed by atoms with Crippen molar-refractivity contribution >= 4 is 30.0 Å². The Balaban J connectivity index is 0.00000243. The summed E-state index contributed by atoms with van der Waals surface area (Å²) in [6, 6.07) is 6.26. The molecule has 0 radical (unpaired) electrons. The second kappa shape index (κ2) is 9.93. The molecule has 1 aromatic rings. The predicted molar refractivity (Wildman–Crippen MR) is 105 cm³/mol. The van der Waals surface area contributed by atoms with Crippen molar-refractivity contribution < 1.29 is 14.3 Å². The number of halogens is 1. The van der Waals surface area contributed by atoms with Crippen molar-refractivity contribution in [2.24, 2.45) is 5.92 Å². The summed E-state index contributed by atoms with van der Waals surface area (Å²) in [5, 5.41) is 3.02. The number of hydrogen-bond donors (Lipinski definition) is 1. The third kappa shape index (κ3) is 5.45. The number of nitrogens with zero attached hydrogens (tertiary/aromatic N) is 1. The van der Waals surface area contributed by atoms with Crippen LogP contribution in [0.2, 0.25) is 0 Å². The van der Waals surface area contributed by atoms with Crippen molar-refractivity contribution in [3.63, 3.8) is 0 Å². The lowest BCUT2D eigenvalue weighted by Crippen LogP contribution is -2.38. The maximum atomic E-state index is 12.2. The number of fused-ring (bicyclic) bond motifs is 1. The van der Waals surface area contributed by atoms with Gasteiger partial charge in [-0.05, 0) is 75.4 Å². The number of anilines is 1. The quantitative estimate of drug-likeness (QED) is 0.770. The number of amides is 1. The molecule has 1 saturated heterocycles. The third-order valence-corrected chi connectivity index (χ3v) is 5.24. The lowest BCUT2D eigenvalue weighted by atomic mass is 9.97. The molecule has 1 aliphatic carbocycles. The minimum atomic E-state index is -0.0727. The van der Waals surface area contributed by atoms with Gasteiger partial charge in [0.1, 0.15) is 0 Å². The van der Waals surface area contributed by atoms with Gasteiger partial charge in [-0.25, -0.2) is 0 Å². The SMILES string of the molecule is CCOC(=O)C1CCN(CCC(=O)Nc2ccc3c(c2)CCC3)CC1.Cl. The molecule has 3 rings (SSSR count). The van der Waals surface area contributed by atoms with Gasteiger partial charge in [0.25, 0.3) is 0 Å². The Morgan fingerprint density at radius 1 is 1.19 bits per heavy atom. The molecule has 1 amide bonds. The molecule has 1 heterocycles. The van der Waals surface area contributed by atoms with E-state index >= 15 is 0 Å². The minimum Gasteiger partial charge on any atom is -0.466 e. The van der Waals surface area contributed by atoms with Gasteiger partial charge in [-0.3, -0.25) is 9.59 Å². The van der Waals surface area contributed by atoms with Gasteiger partial charge < -0.3 is 15.0 Å². The van der Waals surface area contributed by atoms with Crippen LogP contribution in [0.25, 0.3) is 0 Å². The number of rotatable bonds is 6. The Hall–Kier alpha value is -1.59. The van der Waals surface area contributed by atoms with E-state index in [2.05, 4.69) is 22.3 Å². The molecule has 6 heteroatoms. The van der Waals surface area contributed by atoms with Crippen molar-refractivity contribution in [1.29, 1.82) is 0 Å². The zero-order chi connectivity index (χ0) is 17.6. The first kappa shape index (κ1) is 20.7. The van der Waals surface area contributed by atoms with Crippen LogP contribution in [0.15, 0.2) is 18.2 Å². The number of aryl methyl sites for hydroxylation is 2. The normalized spacial score (nSPS) is 17.3. The maximum Gasteiger partial charge on any atom is 0.309 e. The topological polar surface area (TPSA) is 58.6 Å². The van der Waals surface area contributed by atoms with Crippen molar-refractivity contribution in [3.8, 4) is 0 Å². The Labute approximate surface area is 161 Å². The first-order valence-corrected chi connectivity index (χ1v) is 9.46. The molecule has 0 spiro atoms. The second-order valence-electron chi connectivity index (χ2n) is 7.00. The fourth-order valence-electron chi connectivity index (χ4n) is 3.79. The number of likely N-dealkylation sites (tertiary alicyclic amines) is 1. The number of carbonyl (C=O) groups is 2. The van der Waals surface area contributed by atoms with Gasteiger partial charge in [0.15, 0.2) is 0 Å². The van der Waals surface area contributed by atoms with E-state index in [0.29, 0.717) is 13.0 Å². The standard InChI is InChI=1S/C20H28N2O3.ClH/c1-2-25-20(24)16-8-11-22(12-9-16)13-10-19(23)21-18-7-6-15-4-3-5-17(15)14-18;/h6-7,14,16H,2-5,8-13H2,1H3,(H,21,23);1H. The van der Waals surface area contributed by atoms with E-state index in [1.807, 2.05) is 13.0 Å². The molecular formula is C20H29ClN2O3. The summed E-state index contributed by atoms with van der Waals surface area (Å²) < 4.78 is 5.09. The number of ether oxygens (including phenoxy) is 1. The number of hydrogen-bond acceptors (Lipinski definition) is 4. The molecule has 144 valence electrons. The highest BCUT2D eigenvalue weighted by Crippen LogP contribution is 2.25. The van der Waals surface area contributed by atoms with E-state index in [9.17, 15) is 9.59 Å². The molecule has 0 bridgehead atoms. The minimum absolute atomic E-state index is 0.